The highest BCUT2D eigenvalue weighted by Gasteiger charge is 2.20. The lowest BCUT2D eigenvalue weighted by atomic mass is 9.92. The van der Waals surface area contributed by atoms with Gasteiger partial charge in [0.1, 0.15) is 12.4 Å². The van der Waals surface area contributed by atoms with Crippen LogP contribution in [0, 0.1) is 5.92 Å². The fourth-order valence-electron chi connectivity index (χ4n) is 3.31. The highest BCUT2D eigenvalue weighted by molar-refractivity contribution is 5.75. The number of likely N-dealkylation sites (tertiary alicyclic amines) is 1. The minimum Gasteiger partial charge on any atom is -0.489 e. The normalized spacial score (nSPS) is 15.6. The van der Waals surface area contributed by atoms with Crippen LogP contribution in [0.3, 0.4) is 0 Å². The molecule has 0 aliphatic carbocycles. The van der Waals surface area contributed by atoms with E-state index in [1.165, 1.54) is 5.56 Å². The number of nitrogens with one attached hydrogen (secondary N) is 1. The summed E-state index contributed by atoms with van der Waals surface area (Å²) in [5.74, 6) is 1.73. The van der Waals surface area contributed by atoms with Crippen molar-refractivity contribution >= 4 is 5.91 Å². The summed E-state index contributed by atoms with van der Waals surface area (Å²) in [6, 6.07) is 8.22. The molecule has 0 aromatic heterocycles. The predicted octanol–water partition coefficient (Wildman–Crippen LogP) is 3.01. The Hall–Kier alpha value is -1.85. The molecule has 1 aromatic rings. The first-order valence-corrected chi connectivity index (χ1v) is 9.52. The monoisotopic (exact) mass is 360 g/mol. The van der Waals surface area contributed by atoms with Gasteiger partial charge in [-0.05, 0) is 44.3 Å². The first kappa shape index (κ1) is 20.5. The van der Waals surface area contributed by atoms with Crippen LogP contribution in [0.5, 0.6) is 5.75 Å². The standard InChI is InChI=1S/C21H32N2O3/c1-3-15-26-20-7-5-4-6-19(20)17-23-13-10-18(11-14-23)8-9-21(24)22-12-16-25-2/h3-7,18H,1,8-17H2,2H3,(H,22,24). The quantitative estimate of drug-likeness (QED) is 0.487. The zero-order valence-electron chi connectivity index (χ0n) is 15.9. The molecule has 0 saturated carbocycles. The summed E-state index contributed by atoms with van der Waals surface area (Å²) < 4.78 is 10.7. The number of para-hydroxylation sites is 1. The molecular weight excluding hydrogens is 328 g/mol. The summed E-state index contributed by atoms with van der Waals surface area (Å²) in [7, 11) is 1.64. The molecule has 1 fully saturated rings. The second-order valence-electron chi connectivity index (χ2n) is 6.81. The molecular formula is C21H32N2O3. The van der Waals surface area contributed by atoms with E-state index >= 15 is 0 Å². The van der Waals surface area contributed by atoms with Crippen molar-refractivity contribution in [2.24, 2.45) is 5.92 Å². The first-order chi connectivity index (χ1) is 12.7. The van der Waals surface area contributed by atoms with E-state index in [0.717, 1.165) is 44.6 Å². The molecule has 1 aliphatic heterocycles. The van der Waals surface area contributed by atoms with Crippen molar-refractivity contribution in [2.75, 3.05) is 40.0 Å². The zero-order valence-corrected chi connectivity index (χ0v) is 15.9. The van der Waals surface area contributed by atoms with Crippen LogP contribution in [0.2, 0.25) is 0 Å². The van der Waals surface area contributed by atoms with Gasteiger partial charge in [0.15, 0.2) is 0 Å². The van der Waals surface area contributed by atoms with E-state index in [2.05, 4.69) is 28.9 Å². The van der Waals surface area contributed by atoms with E-state index in [0.29, 0.717) is 32.1 Å². The lowest BCUT2D eigenvalue weighted by Crippen LogP contribution is -2.34. The molecule has 0 atom stereocenters. The maximum absolute atomic E-state index is 11.8. The lowest BCUT2D eigenvalue weighted by molar-refractivity contribution is -0.121. The highest BCUT2D eigenvalue weighted by Crippen LogP contribution is 2.25. The van der Waals surface area contributed by atoms with E-state index in [1.54, 1.807) is 13.2 Å². The summed E-state index contributed by atoms with van der Waals surface area (Å²) in [5, 5.41) is 2.89. The van der Waals surface area contributed by atoms with Crippen LogP contribution in [0.1, 0.15) is 31.2 Å². The van der Waals surface area contributed by atoms with Crippen molar-refractivity contribution in [1.82, 2.24) is 10.2 Å². The minimum absolute atomic E-state index is 0.137. The molecule has 2 rings (SSSR count). The van der Waals surface area contributed by atoms with Gasteiger partial charge in [-0.1, -0.05) is 30.9 Å². The Labute approximate surface area is 157 Å². The summed E-state index contributed by atoms with van der Waals surface area (Å²) in [4.78, 5) is 14.3. The molecule has 26 heavy (non-hydrogen) atoms. The van der Waals surface area contributed by atoms with E-state index in [4.69, 9.17) is 9.47 Å². The molecule has 0 radical (unpaired) electrons. The molecule has 0 bridgehead atoms. The van der Waals surface area contributed by atoms with Crippen LogP contribution in [0.4, 0.5) is 0 Å². The predicted molar refractivity (Wildman–Crippen MR) is 104 cm³/mol. The van der Waals surface area contributed by atoms with Crippen LogP contribution in [-0.4, -0.2) is 50.8 Å². The van der Waals surface area contributed by atoms with Crippen LogP contribution in [0.25, 0.3) is 0 Å². The number of piperidine rings is 1. The maximum atomic E-state index is 11.8. The number of nitrogens with zero attached hydrogens (tertiary/aromatic N) is 1. The fraction of sp³-hybridized carbons (Fsp3) is 0.571. The van der Waals surface area contributed by atoms with Crippen molar-refractivity contribution < 1.29 is 14.3 Å². The molecule has 1 aliphatic rings. The van der Waals surface area contributed by atoms with E-state index in [9.17, 15) is 4.79 Å². The molecule has 1 N–H and O–H groups in total. The SMILES string of the molecule is C=CCOc1ccccc1CN1CCC(CCC(=O)NCCOC)CC1. The van der Waals surface area contributed by atoms with Crippen molar-refractivity contribution in [3.63, 3.8) is 0 Å². The average molecular weight is 360 g/mol. The van der Waals surface area contributed by atoms with E-state index in [-0.39, 0.29) is 5.91 Å². The lowest BCUT2D eigenvalue weighted by Gasteiger charge is -2.32. The molecule has 0 spiro atoms. The third kappa shape index (κ3) is 7.18. The molecule has 1 aromatic carbocycles. The van der Waals surface area contributed by atoms with Gasteiger partial charge in [0.2, 0.25) is 5.91 Å². The van der Waals surface area contributed by atoms with Crippen molar-refractivity contribution in [3.8, 4) is 5.75 Å². The van der Waals surface area contributed by atoms with Crippen molar-refractivity contribution in [3.05, 3.63) is 42.5 Å². The third-order valence-electron chi connectivity index (χ3n) is 4.84. The third-order valence-corrected chi connectivity index (χ3v) is 4.84. The van der Waals surface area contributed by atoms with Gasteiger partial charge in [-0.2, -0.15) is 0 Å². The molecule has 144 valence electrons. The summed E-state index contributed by atoms with van der Waals surface area (Å²) >= 11 is 0. The van der Waals surface area contributed by atoms with Crippen molar-refractivity contribution in [2.45, 2.75) is 32.2 Å². The highest BCUT2D eigenvalue weighted by atomic mass is 16.5. The van der Waals surface area contributed by atoms with Gasteiger partial charge in [0.25, 0.3) is 0 Å². The average Bonchev–Trinajstić information content (AvgIpc) is 2.67. The Morgan fingerprint density at radius 1 is 1.35 bits per heavy atom. The number of methoxy groups -OCH3 is 1. The van der Waals surface area contributed by atoms with Crippen LogP contribution >= 0.6 is 0 Å². The summed E-state index contributed by atoms with van der Waals surface area (Å²) in [6.07, 6.45) is 5.67. The van der Waals surface area contributed by atoms with Gasteiger partial charge in [0, 0.05) is 32.2 Å². The number of carbonyl (C=O) groups is 1. The zero-order chi connectivity index (χ0) is 18.6. The largest absolute Gasteiger partial charge is 0.489 e. The Morgan fingerprint density at radius 2 is 2.12 bits per heavy atom. The first-order valence-electron chi connectivity index (χ1n) is 9.52. The number of rotatable bonds is 11. The Kier molecular flexibility index (Phi) is 9.21. The molecule has 5 heteroatoms. The van der Waals surface area contributed by atoms with E-state index in [1.807, 2.05) is 12.1 Å². The number of carbonyl (C=O) groups excluding carboxylic acids is 1. The van der Waals surface area contributed by atoms with Gasteiger partial charge >= 0.3 is 0 Å². The summed E-state index contributed by atoms with van der Waals surface area (Å²) in [5.41, 5.74) is 1.23. The van der Waals surface area contributed by atoms with Gasteiger partial charge in [-0.3, -0.25) is 9.69 Å². The van der Waals surface area contributed by atoms with Crippen LogP contribution in [-0.2, 0) is 16.1 Å². The Balaban J connectivity index is 1.70. The molecule has 5 nitrogen and oxygen atoms in total. The molecule has 1 saturated heterocycles. The van der Waals surface area contributed by atoms with Crippen LogP contribution in [0.15, 0.2) is 36.9 Å². The van der Waals surface area contributed by atoms with E-state index < -0.39 is 0 Å². The molecule has 1 amide bonds. The smallest absolute Gasteiger partial charge is 0.220 e. The number of benzene rings is 1. The van der Waals surface area contributed by atoms with Crippen LogP contribution < -0.4 is 10.1 Å². The van der Waals surface area contributed by atoms with Gasteiger partial charge in [-0.25, -0.2) is 0 Å². The van der Waals surface area contributed by atoms with Crippen molar-refractivity contribution in [1.29, 1.82) is 0 Å². The number of hydrogen-bond acceptors (Lipinski definition) is 4. The topological polar surface area (TPSA) is 50.8 Å². The second kappa shape index (κ2) is 11.7. The van der Waals surface area contributed by atoms with Gasteiger partial charge < -0.3 is 14.8 Å². The van der Waals surface area contributed by atoms with Gasteiger partial charge in [0.05, 0.1) is 6.61 Å². The Bertz CT molecular complexity index is 554. The number of hydrogen-bond donors (Lipinski definition) is 1. The maximum Gasteiger partial charge on any atom is 0.220 e. The number of ether oxygens (including phenoxy) is 2. The molecule has 1 heterocycles. The molecule has 0 unspecified atom stereocenters. The second-order valence-corrected chi connectivity index (χ2v) is 6.81. The summed E-state index contributed by atoms with van der Waals surface area (Å²) in [6.45, 7) is 8.48. The Morgan fingerprint density at radius 3 is 2.85 bits per heavy atom. The fourth-order valence-corrected chi connectivity index (χ4v) is 3.31. The minimum atomic E-state index is 0.137. The van der Waals surface area contributed by atoms with Gasteiger partial charge in [-0.15, -0.1) is 0 Å². The number of amides is 1.